The normalized spacial score (nSPS) is 18.9. The van der Waals surface area contributed by atoms with Crippen LogP contribution in [0.1, 0.15) is 35.4 Å². The molecule has 0 unspecified atom stereocenters. The monoisotopic (exact) mass is 425 g/mol. The predicted molar refractivity (Wildman–Crippen MR) is 116 cm³/mol. The summed E-state index contributed by atoms with van der Waals surface area (Å²) >= 11 is 6.28. The fourth-order valence-corrected chi connectivity index (χ4v) is 4.13. The van der Waals surface area contributed by atoms with Crippen LogP contribution in [0.2, 0.25) is 5.02 Å². The first-order valence-electron chi connectivity index (χ1n) is 10.3. The van der Waals surface area contributed by atoms with Gasteiger partial charge in [0.05, 0.1) is 28.8 Å². The fraction of sp³-hybridized carbons (Fsp3) is 0.429. The van der Waals surface area contributed by atoms with E-state index in [4.69, 9.17) is 11.6 Å². The van der Waals surface area contributed by atoms with E-state index in [9.17, 15) is 4.79 Å². The molecule has 9 heteroatoms. The predicted octanol–water partition coefficient (Wildman–Crippen LogP) is 2.92. The molecule has 2 aliphatic rings. The third kappa shape index (κ3) is 4.11. The van der Waals surface area contributed by atoms with Crippen molar-refractivity contribution in [3.05, 3.63) is 47.3 Å². The quantitative estimate of drug-likeness (QED) is 0.631. The molecule has 8 nitrogen and oxygen atoms in total. The molecule has 5 rings (SSSR count). The van der Waals surface area contributed by atoms with Gasteiger partial charge < -0.3 is 19.9 Å². The number of hydrogen-bond acceptors (Lipinski definition) is 6. The highest BCUT2D eigenvalue weighted by atomic mass is 35.5. The molecule has 1 saturated heterocycles. The van der Waals surface area contributed by atoms with E-state index < -0.39 is 0 Å². The van der Waals surface area contributed by atoms with E-state index >= 15 is 0 Å². The molecule has 0 aromatic carbocycles. The van der Waals surface area contributed by atoms with Crippen molar-refractivity contribution in [3.63, 3.8) is 0 Å². The van der Waals surface area contributed by atoms with E-state index in [0.717, 1.165) is 43.6 Å². The van der Waals surface area contributed by atoms with Crippen LogP contribution in [0.3, 0.4) is 0 Å². The molecule has 2 fully saturated rings. The summed E-state index contributed by atoms with van der Waals surface area (Å²) in [7, 11) is 0. The highest BCUT2D eigenvalue weighted by Crippen LogP contribution is 2.24. The first-order chi connectivity index (χ1) is 14.5. The summed E-state index contributed by atoms with van der Waals surface area (Å²) in [4.78, 5) is 28.0. The maximum atomic E-state index is 12.6. The average molecular weight is 426 g/mol. The Labute approximate surface area is 179 Å². The van der Waals surface area contributed by atoms with Crippen LogP contribution >= 0.6 is 11.6 Å². The number of nitrogens with one attached hydrogen (secondary N) is 2. The third-order valence-electron chi connectivity index (χ3n) is 5.64. The maximum Gasteiger partial charge on any atom is 0.275 e. The number of aromatic nitrogens is 4. The highest BCUT2D eigenvalue weighted by molar-refractivity contribution is 6.33. The molecule has 0 bridgehead atoms. The van der Waals surface area contributed by atoms with E-state index in [-0.39, 0.29) is 11.6 Å². The van der Waals surface area contributed by atoms with Gasteiger partial charge in [0.2, 0.25) is 0 Å². The van der Waals surface area contributed by atoms with Gasteiger partial charge in [0.15, 0.2) is 5.65 Å². The van der Waals surface area contributed by atoms with E-state index in [1.165, 1.54) is 19.0 Å². The SMILES string of the molecule is Cc1cn2cc(NC(=O)c3cnc(N4CC[C@@H](CNC5CC5)C4)cn3)cc(Cl)c2n1. The Bertz CT molecular complexity index is 1080. The topological polar surface area (TPSA) is 87.5 Å². The van der Waals surface area contributed by atoms with Crippen LogP contribution in [0, 0.1) is 12.8 Å². The van der Waals surface area contributed by atoms with Gasteiger partial charge in [-0.05, 0) is 44.7 Å². The second kappa shape index (κ2) is 7.85. The van der Waals surface area contributed by atoms with Crippen molar-refractivity contribution in [1.29, 1.82) is 0 Å². The van der Waals surface area contributed by atoms with Gasteiger partial charge in [0.25, 0.3) is 5.91 Å². The van der Waals surface area contributed by atoms with Crippen LogP contribution in [0.25, 0.3) is 5.65 Å². The first kappa shape index (κ1) is 19.3. The highest BCUT2D eigenvalue weighted by Gasteiger charge is 2.27. The fourth-order valence-electron chi connectivity index (χ4n) is 3.87. The van der Waals surface area contributed by atoms with Gasteiger partial charge in [-0.1, -0.05) is 11.6 Å². The van der Waals surface area contributed by atoms with Crippen molar-refractivity contribution in [2.45, 2.75) is 32.2 Å². The van der Waals surface area contributed by atoms with Crippen LogP contribution < -0.4 is 15.5 Å². The summed E-state index contributed by atoms with van der Waals surface area (Å²) in [5, 5.41) is 6.91. The number of nitrogens with zero attached hydrogens (tertiary/aromatic N) is 5. The van der Waals surface area contributed by atoms with Gasteiger partial charge in [-0.25, -0.2) is 15.0 Å². The van der Waals surface area contributed by atoms with Gasteiger partial charge in [-0.15, -0.1) is 0 Å². The maximum absolute atomic E-state index is 12.6. The molecule has 3 aromatic heterocycles. The molecule has 1 saturated carbocycles. The zero-order valence-corrected chi connectivity index (χ0v) is 17.6. The van der Waals surface area contributed by atoms with Gasteiger partial charge >= 0.3 is 0 Å². The summed E-state index contributed by atoms with van der Waals surface area (Å²) in [6.07, 6.45) is 10.6. The minimum Gasteiger partial charge on any atom is -0.355 e. The Kier molecular flexibility index (Phi) is 5.04. The first-order valence-corrected chi connectivity index (χ1v) is 10.7. The number of rotatable bonds is 6. The Morgan fingerprint density at radius 2 is 2.10 bits per heavy atom. The molecular weight excluding hydrogens is 402 g/mol. The van der Waals surface area contributed by atoms with Crippen LogP contribution in [0.15, 0.2) is 30.9 Å². The molecular formula is C21H24ClN7O. The largest absolute Gasteiger partial charge is 0.355 e. The molecule has 1 atom stereocenters. The summed E-state index contributed by atoms with van der Waals surface area (Å²) in [6.45, 7) is 4.91. The van der Waals surface area contributed by atoms with E-state index in [1.54, 1.807) is 22.9 Å². The van der Waals surface area contributed by atoms with Gasteiger partial charge in [-0.3, -0.25) is 4.79 Å². The number of imidazole rings is 1. The smallest absolute Gasteiger partial charge is 0.275 e. The number of halogens is 1. The summed E-state index contributed by atoms with van der Waals surface area (Å²) in [5.74, 6) is 1.13. The molecule has 3 aromatic rings. The van der Waals surface area contributed by atoms with E-state index in [2.05, 4.69) is 30.5 Å². The van der Waals surface area contributed by atoms with E-state index in [1.807, 2.05) is 13.1 Å². The lowest BCUT2D eigenvalue weighted by molar-refractivity contribution is 0.102. The molecule has 1 aliphatic carbocycles. The molecule has 1 aliphatic heterocycles. The number of hydrogen-bond donors (Lipinski definition) is 2. The Morgan fingerprint density at radius 3 is 2.87 bits per heavy atom. The van der Waals surface area contributed by atoms with Crippen molar-refractivity contribution in [2.24, 2.45) is 5.92 Å². The van der Waals surface area contributed by atoms with Crippen molar-refractivity contribution in [3.8, 4) is 0 Å². The zero-order chi connectivity index (χ0) is 20.7. The molecule has 156 valence electrons. The Balaban J connectivity index is 1.22. The lowest BCUT2D eigenvalue weighted by Crippen LogP contribution is -2.28. The number of amides is 1. The van der Waals surface area contributed by atoms with Crippen LogP contribution in [0.5, 0.6) is 0 Å². The standard InChI is InChI=1S/C21H24ClN7O/c1-13-10-29-12-16(6-17(22)20(29)26-13)27-21(30)18-8-25-19(9-24-18)28-5-4-14(11-28)7-23-15-2-3-15/h6,8-10,12,14-15,23H,2-5,7,11H2,1H3,(H,27,30)/t14-/m0/s1. The lowest BCUT2D eigenvalue weighted by Gasteiger charge is -2.17. The molecule has 4 heterocycles. The second-order valence-corrected chi connectivity index (χ2v) is 8.59. The average Bonchev–Trinajstić information content (AvgIpc) is 3.30. The number of fused-ring (bicyclic) bond motifs is 1. The minimum absolute atomic E-state index is 0.267. The Morgan fingerprint density at radius 1 is 1.23 bits per heavy atom. The molecule has 1 amide bonds. The molecule has 0 radical (unpaired) electrons. The summed E-state index contributed by atoms with van der Waals surface area (Å²) in [5.41, 5.74) is 2.36. The minimum atomic E-state index is -0.325. The summed E-state index contributed by atoms with van der Waals surface area (Å²) in [6, 6.07) is 2.42. The van der Waals surface area contributed by atoms with Crippen LogP contribution in [-0.4, -0.2) is 50.9 Å². The zero-order valence-electron chi connectivity index (χ0n) is 16.8. The summed E-state index contributed by atoms with van der Waals surface area (Å²) < 4.78 is 1.80. The van der Waals surface area contributed by atoms with Crippen LogP contribution in [0.4, 0.5) is 11.5 Å². The number of aryl methyl sites for hydroxylation is 1. The number of carbonyl (C=O) groups excluding carboxylic acids is 1. The van der Waals surface area contributed by atoms with Gasteiger partial charge in [0, 0.05) is 31.5 Å². The van der Waals surface area contributed by atoms with Crippen molar-refractivity contribution >= 4 is 34.7 Å². The molecule has 0 spiro atoms. The number of carbonyl (C=O) groups is 1. The van der Waals surface area contributed by atoms with Crippen molar-refractivity contribution in [2.75, 3.05) is 29.9 Å². The van der Waals surface area contributed by atoms with Crippen LogP contribution in [-0.2, 0) is 0 Å². The van der Waals surface area contributed by atoms with E-state index in [0.29, 0.717) is 22.3 Å². The van der Waals surface area contributed by atoms with Crippen molar-refractivity contribution in [1.82, 2.24) is 24.7 Å². The van der Waals surface area contributed by atoms with Crippen molar-refractivity contribution < 1.29 is 4.79 Å². The number of anilines is 2. The van der Waals surface area contributed by atoms with Gasteiger partial charge in [-0.2, -0.15) is 0 Å². The number of pyridine rings is 1. The second-order valence-electron chi connectivity index (χ2n) is 8.19. The molecule has 30 heavy (non-hydrogen) atoms. The lowest BCUT2D eigenvalue weighted by atomic mass is 10.1. The Hall–Kier alpha value is -2.71. The third-order valence-corrected chi connectivity index (χ3v) is 5.92. The van der Waals surface area contributed by atoms with Gasteiger partial charge in [0.1, 0.15) is 11.5 Å². The molecule has 2 N–H and O–H groups in total.